The molecule has 2 aromatic carbocycles. The molecule has 0 bridgehead atoms. The fourth-order valence-corrected chi connectivity index (χ4v) is 2.91. The molecule has 1 heterocycles. The molecule has 0 radical (unpaired) electrons. The number of nitrogens with zero attached hydrogens (tertiary/aromatic N) is 1. The first-order chi connectivity index (χ1) is 14.0. The minimum Gasteiger partial charge on any atom is -0.497 e. The van der Waals surface area contributed by atoms with Gasteiger partial charge in [0.2, 0.25) is 5.91 Å². The lowest BCUT2D eigenvalue weighted by molar-refractivity contribution is -0.146. The molecule has 0 saturated heterocycles. The third kappa shape index (κ3) is 5.19. The molecule has 2 N–H and O–H groups in total. The number of H-pyrrole nitrogens is 1. The maximum absolute atomic E-state index is 12.3. The Balaban J connectivity index is 1.68. The van der Waals surface area contributed by atoms with Gasteiger partial charge in [0.1, 0.15) is 18.2 Å². The van der Waals surface area contributed by atoms with E-state index in [4.69, 9.17) is 9.47 Å². The first kappa shape index (κ1) is 20.1. The molecule has 0 aliphatic carbocycles. The molecule has 3 rings (SSSR count). The van der Waals surface area contributed by atoms with Gasteiger partial charge in [-0.05, 0) is 29.8 Å². The average Bonchev–Trinajstić information content (AvgIpc) is 2.71. The number of hydrogen-bond donors (Lipinski definition) is 2. The van der Waals surface area contributed by atoms with Gasteiger partial charge in [0.05, 0.1) is 30.5 Å². The Kier molecular flexibility index (Phi) is 6.23. The zero-order valence-corrected chi connectivity index (χ0v) is 16.1. The number of benzene rings is 2. The lowest BCUT2D eigenvalue weighted by atomic mass is 10.0. The van der Waals surface area contributed by atoms with Crippen molar-refractivity contribution in [2.75, 3.05) is 7.11 Å². The van der Waals surface area contributed by atoms with Gasteiger partial charge in [0.25, 0.3) is 5.56 Å². The van der Waals surface area contributed by atoms with Crippen LogP contribution in [0.2, 0.25) is 0 Å². The lowest BCUT2D eigenvalue weighted by Crippen LogP contribution is -2.28. The van der Waals surface area contributed by atoms with Crippen molar-refractivity contribution in [3.8, 4) is 5.75 Å². The Morgan fingerprint density at radius 3 is 2.55 bits per heavy atom. The Hall–Kier alpha value is -3.68. The molecule has 1 amide bonds. The molecule has 8 heteroatoms. The fraction of sp³-hybridized carbons (Fsp3) is 0.238. The van der Waals surface area contributed by atoms with E-state index in [2.05, 4.69) is 15.3 Å². The van der Waals surface area contributed by atoms with E-state index >= 15 is 0 Å². The minimum atomic E-state index is -0.547. The van der Waals surface area contributed by atoms with Gasteiger partial charge in [0, 0.05) is 6.92 Å². The van der Waals surface area contributed by atoms with Crippen molar-refractivity contribution in [3.63, 3.8) is 0 Å². The third-order valence-corrected chi connectivity index (χ3v) is 4.30. The van der Waals surface area contributed by atoms with E-state index in [1.165, 1.54) is 6.92 Å². The second kappa shape index (κ2) is 9.01. The normalized spacial score (nSPS) is 11.7. The summed E-state index contributed by atoms with van der Waals surface area (Å²) < 4.78 is 10.4. The van der Waals surface area contributed by atoms with E-state index in [9.17, 15) is 14.4 Å². The van der Waals surface area contributed by atoms with Crippen LogP contribution in [0.1, 0.15) is 30.8 Å². The Morgan fingerprint density at radius 1 is 1.14 bits per heavy atom. The largest absolute Gasteiger partial charge is 0.497 e. The summed E-state index contributed by atoms with van der Waals surface area (Å²) in [7, 11) is 1.56. The van der Waals surface area contributed by atoms with Crippen LogP contribution in [0.25, 0.3) is 10.9 Å². The molecule has 0 saturated carbocycles. The Bertz CT molecular complexity index is 1080. The van der Waals surface area contributed by atoms with Gasteiger partial charge in [-0.2, -0.15) is 0 Å². The molecule has 150 valence electrons. The number of rotatable bonds is 7. The first-order valence-corrected chi connectivity index (χ1v) is 9.01. The molecule has 0 spiro atoms. The number of para-hydroxylation sites is 1. The van der Waals surface area contributed by atoms with Crippen molar-refractivity contribution in [2.24, 2.45) is 0 Å². The van der Waals surface area contributed by atoms with Crippen LogP contribution in [0.3, 0.4) is 0 Å². The number of aromatic amines is 1. The average molecular weight is 395 g/mol. The number of esters is 1. The number of fused-ring (bicyclic) bond motifs is 1. The number of methoxy groups -OCH3 is 1. The smallest absolute Gasteiger partial charge is 0.308 e. The number of aromatic nitrogens is 2. The number of nitrogens with one attached hydrogen (secondary N) is 2. The van der Waals surface area contributed by atoms with Gasteiger partial charge >= 0.3 is 5.97 Å². The highest BCUT2D eigenvalue weighted by atomic mass is 16.5. The Labute approximate surface area is 166 Å². The fourth-order valence-electron chi connectivity index (χ4n) is 2.91. The van der Waals surface area contributed by atoms with Gasteiger partial charge in [-0.15, -0.1) is 0 Å². The van der Waals surface area contributed by atoms with E-state index in [0.29, 0.717) is 16.7 Å². The third-order valence-electron chi connectivity index (χ3n) is 4.30. The molecular formula is C21H21N3O5. The maximum Gasteiger partial charge on any atom is 0.308 e. The molecule has 1 aromatic heterocycles. The molecule has 0 unspecified atom stereocenters. The van der Waals surface area contributed by atoms with Crippen molar-refractivity contribution in [2.45, 2.75) is 26.0 Å². The summed E-state index contributed by atoms with van der Waals surface area (Å²) in [5, 5.41) is 3.21. The van der Waals surface area contributed by atoms with Gasteiger partial charge in [0.15, 0.2) is 0 Å². The van der Waals surface area contributed by atoms with Crippen molar-refractivity contribution >= 4 is 22.8 Å². The summed E-state index contributed by atoms with van der Waals surface area (Å²) in [5.41, 5.74) is 0.975. The number of ether oxygens (including phenoxy) is 2. The molecular weight excluding hydrogens is 374 g/mol. The zero-order chi connectivity index (χ0) is 20.8. The number of carbonyl (C=O) groups is 2. The predicted octanol–water partition coefficient (Wildman–Crippen LogP) is 2.24. The number of amides is 1. The van der Waals surface area contributed by atoms with Crippen molar-refractivity contribution in [1.29, 1.82) is 0 Å². The second-order valence-corrected chi connectivity index (χ2v) is 6.42. The monoisotopic (exact) mass is 395 g/mol. The zero-order valence-electron chi connectivity index (χ0n) is 16.1. The van der Waals surface area contributed by atoms with E-state index in [1.807, 2.05) is 0 Å². The van der Waals surface area contributed by atoms with Crippen LogP contribution in [0.15, 0.2) is 53.3 Å². The van der Waals surface area contributed by atoms with Crippen molar-refractivity contribution < 1.29 is 19.1 Å². The molecule has 8 nitrogen and oxygen atoms in total. The standard InChI is InChI=1S/C21H21N3O5/c1-13(25)22-18(14-7-9-15(28-2)10-8-14)11-20(26)29-12-19-23-17-6-4-3-5-16(17)21(27)24-19/h3-10,18H,11-12H2,1-2H3,(H,22,25)(H,23,24,27)/t18-/m0/s1. The van der Waals surface area contributed by atoms with Crippen LogP contribution >= 0.6 is 0 Å². The van der Waals surface area contributed by atoms with Gasteiger partial charge in [-0.25, -0.2) is 4.98 Å². The van der Waals surface area contributed by atoms with Crippen LogP contribution in [-0.2, 0) is 20.9 Å². The van der Waals surface area contributed by atoms with Crippen LogP contribution in [-0.4, -0.2) is 29.0 Å². The predicted molar refractivity (Wildman–Crippen MR) is 106 cm³/mol. The van der Waals surface area contributed by atoms with Crippen molar-refractivity contribution in [1.82, 2.24) is 15.3 Å². The van der Waals surface area contributed by atoms with Crippen LogP contribution in [0.5, 0.6) is 5.75 Å². The van der Waals surface area contributed by atoms with Gasteiger partial charge < -0.3 is 19.8 Å². The molecule has 0 aliphatic heterocycles. The van der Waals surface area contributed by atoms with Crippen LogP contribution < -0.4 is 15.6 Å². The highest BCUT2D eigenvalue weighted by molar-refractivity contribution is 5.77. The molecule has 1 atom stereocenters. The van der Waals surface area contributed by atoms with Gasteiger partial charge in [-0.3, -0.25) is 14.4 Å². The highest BCUT2D eigenvalue weighted by Crippen LogP contribution is 2.21. The lowest BCUT2D eigenvalue weighted by Gasteiger charge is -2.18. The summed E-state index contributed by atoms with van der Waals surface area (Å²) in [6, 6.07) is 13.4. The first-order valence-electron chi connectivity index (χ1n) is 9.01. The Morgan fingerprint density at radius 2 is 1.86 bits per heavy atom. The van der Waals surface area contributed by atoms with Gasteiger partial charge in [-0.1, -0.05) is 24.3 Å². The highest BCUT2D eigenvalue weighted by Gasteiger charge is 2.19. The summed E-state index contributed by atoms with van der Waals surface area (Å²) in [4.78, 5) is 42.9. The summed E-state index contributed by atoms with van der Waals surface area (Å²) >= 11 is 0. The molecule has 3 aromatic rings. The second-order valence-electron chi connectivity index (χ2n) is 6.42. The quantitative estimate of drug-likeness (QED) is 0.594. The maximum atomic E-state index is 12.3. The molecule has 0 fully saturated rings. The van der Waals surface area contributed by atoms with E-state index < -0.39 is 12.0 Å². The summed E-state index contributed by atoms with van der Waals surface area (Å²) in [6.07, 6.45) is -0.0658. The summed E-state index contributed by atoms with van der Waals surface area (Å²) in [5.74, 6) is 0.126. The molecule has 0 aliphatic rings. The van der Waals surface area contributed by atoms with Crippen molar-refractivity contribution in [3.05, 3.63) is 70.3 Å². The SMILES string of the molecule is COc1ccc([C@H](CC(=O)OCc2nc3ccccc3c(=O)[nH]2)NC(C)=O)cc1. The summed E-state index contributed by atoms with van der Waals surface area (Å²) in [6.45, 7) is 1.21. The minimum absolute atomic E-state index is 0.0658. The van der Waals surface area contributed by atoms with E-state index in [-0.39, 0.29) is 30.3 Å². The van der Waals surface area contributed by atoms with Crippen LogP contribution in [0, 0.1) is 0 Å². The topological polar surface area (TPSA) is 110 Å². The molecule has 29 heavy (non-hydrogen) atoms. The van der Waals surface area contributed by atoms with E-state index in [1.54, 1.807) is 55.6 Å². The van der Waals surface area contributed by atoms with E-state index in [0.717, 1.165) is 5.56 Å². The number of carbonyl (C=O) groups excluding carboxylic acids is 2. The number of hydrogen-bond acceptors (Lipinski definition) is 6. The van der Waals surface area contributed by atoms with Crippen LogP contribution in [0.4, 0.5) is 0 Å².